The summed E-state index contributed by atoms with van der Waals surface area (Å²) in [6.45, 7) is 10.4. The molecular weight excluding hydrogens is 200 g/mol. The molecule has 92 valence electrons. The molecule has 0 radical (unpaired) electrons. The van der Waals surface area contributed by atoms with Gasteiger partial charge in [-0.2, -0.15) is 0 Å². The number of carbonyl (C=O) groups is 1. The highest BCUT2D eigenvalue weighted by molar-refractivity contribution is 5.76. The van der Waals surface area contributed by atoms with Crippen molar-refractivity contribution in [2.45, 2.75) is 65.9 Å². The summed E-state index contributed by atoms with van der Waals surface area (Å²) in [5.74, 6) is 0.777. The van der Waals surface area contributed by atoms with Crippen LogP contribution in [0.15, 0.2) is 0 Å². The highest BCUT2D eigenvalue weighted by Gasteiger charge is 2.67. The Kier molecular flexibility index (Phi) is 2.42. The lowest BCUT2D eigenvalue weighted by atomic mass is 9.41. The van der Waals surface area contributed by atoms with Crippen LogP contribution < -0.4 is 0 Å². The van der Waals surface area contributed by atoms with Gasteiger partial charge >= 0.3 is 5.97 Å². The third-order valence-electron chi connectivity index (χ3n) is 5.51. The first-order valence-corrected chi connectivity index (χ1v) is 6.49. The predicted molar refractivity (Wildman–Crippen MR) is 64.0 cm³/mol. The monoisotopic (exact) mass is 224 g/mol. The summed E-state index contributed by atoms with van der Waals surface area (Å²) < 4.78 is 5.83. The summed E-state index contributed by atoms with van der Waals surface area (Å²) in [4.78, 5) is 12.1. The van der Waals surface area contributed by atoms with Crippen LogP contribution in [0.25, 0.3) is 0 Å². The van der Waals surface area contributed by atoms with Crippen molar-refractivity contribution in [3.8, 4) is 0 Å². The maximum absolute atomic E-state index is 12.1. The van der Waals surface area contributed by atoms with Crippen LogP contribution in [-0.2, 0) is 9.53 Å². The molecule has 2 heteroatoms. The van der Waals surface area contributed by atoms with E-state index in [9.17, 15) is 4.79 Å². The number of fused-ring (bicyclic) bond motifs is 1. The first-order chi connectivity index (χ1) is 7.25. The first kappa shape index (κ1) is 11.9. The van der Waals surface area contributed by atoms with Crippen LogP contribution in [0.3, 0.4) is 0 Å². The minimum absolute atomic E-state index is 0.0240. The average molecular weight is 224 g/mol. The van der Waals surface area contributed by atoms with Gasteiger partial charge < -0.3 is 4.74 Å². The van der Waals surface area contributed by atoms with E-state index in [2.05, 4.69) is 13.8 Å². The molecule has 2 fully saturated rings. The van der Waals surface area contributed by atoms with Crippen LogP contribution in [-0.4, -0.2) is 11.6 Å². The van der Waals surface area contributed by atoms with Crippen molar-refractivity contribution in [1.82, 2.24) is 0 Å². The second-order valence-corrected chi connectivity index (χ2v) is 6.71. The Balaban J connectivity index is 2.03. The Morgan fingerprint density at radius 2 is 2.06 bits per heavy atom. The quantitative estimate of drug-likeness (QED) is 0.685. The van der Waals surface area contributed by atoms with Gasteiger partial charge in [0, 0.05) is 5.41 Å². The van der Waals surface area contributed by atoms with E-state index in [1.165, 1.54) is 12.8 Å². The topological polar surface area (TPSA) is 26.3 Å². The molecule has 0 spiro atoms. The van der Waals surface area contributed by atoms with Gasteiger partial charge in [-0.25, -0.2) is 0 Å². The van der Waals surface area contributed by atoms with Crippen molar-refractivity contribution in [3.63, 3.8) is 0 Å². The minimum Gasteiger partial charge on any atom is -0.458 e. The number of hydrogen-bond acceptors (Lipinski definition) is 2. The van der Waals surface area contributed by atoms with Gasteiger partial charge in [0.1, 0.15) is 5.60 Å². The smallest absolute Gasteiger partial charge is 0.312 e. The van der Waals surface area contributed by atoms with Crippen LogP contribution in [0, 0.1) is 16.7 Å². The number of hydrogen-bond donors (Lipinski definition) is 0. The summed E-state index contributed by atoms with van der Waals surface area (Å²) in [6.07, 6.45) is 4.44. The fourth-order valence-electron chi connectivity index (χ4n) is 3.02. The molecule has 16 heavy (non-hydrogen) atoms. The molecule has 0 amide bonds. The molecule has 0 aromatic heterocycles. The zero-order valence-corrected chi connectivity index (χ0v) is 11.2. The van der Waals surface area contributed by atoms with Crippen molar-refractivity contribution in [2.24, 2.45) is 16.7 Å². The van der Waals surface area contributed by atoms with E-state index in [1.807, 2.05) is 20.8 Å². The Morgan fingerprint density at radius 1 is 1.44 bits per heavy atom. The van der Waals surface area contributed by atoms with E-state index >= 15 is 0 Å². The molecule has 2 saturated carbocycles. The van der Waals surface area contributed by atoms with Crippen molar-refractivity contribution < 1.29 is 9.53 Å². The zero-order chi connectivity index (χ0) is 12.2. The van der Waals surface area contributed by atoms with Gasteiger partial charge in [0.2, 0.25) is 0 Å². The highest BCUT2D eigenvalue weighted by Crippen LogP contribution is 2.68. The van der Waals surface area contributed by atoms with Crippen LogP contribution >= 0.6 is 0 Å². The van der Waals surface area contributed by atoms with Gasteiger partial charge in [0.25, 0.3) is 0 Å². The standard InChI is InChI=1S/C14H24O2/c1-6-12(2,3)11(15)16-14(5)9-10-7-8-13(10,14)4/h10H,6-9H2,1-5H3. The minimum atomic E-state index is -0.339. The normalized spacial score (nSPS) is 41.7. The van der Waals surface area contributed by atoms with Crippen molar-refractivity contribution >= 4 is 5.97 Å². The van der Waals surface area contributed by atoms with E-state index in [0.29, 0.717) is 0 Å². The summed E-state index contributed by atoms with van der Waals surface area (Å²) in [5.41, 5.74) is -0.264. The van der Waals surface area contributed by atoms with Gasteiger partial charge in [-0.05, 0) is 52.4 Å². The SMILES string of the molecule is CCC(C)(C)C(=O)OC1(C)CC2CCC21C. The molecule has 0 heterocycles. The second kappa shape index (κ2) is 3.24. The number of ether oxygens (including phenoxy) is 1. The summed E-state index contributed by atoms with van der Waals surface area (Å²) in [5, 5.41) is 0. The Hall–Kier alpha value is -0.530. The molecule has 2 rings (SSSR count). The summed E-state index contributed by atoms with van der Waals surface area (Å²) in [6, 6.07) is 0. The lowest BCUT2D eigenvalue weighted by molar-refractivity contribution is -0.265. The van der Waals surface area contributed by atoms with Gasteiger partial charge in [-0.15, -0.1) is 0 Å². The van der Waals surface area contributed by atoms with E-state index in [0.717, 1.165) is 18.8 Å². The lowest BCUT2D eigenvalue weighted by Crippen LogP contribution is -2.68. The molecule has 0 N–H and O–H groups in total. The Labute approximate surface area is 98.7 Å². The zero-order valence-electron chi connectivity index (χ0n) is 11.2. The summed E-state index contributed by atoms with van der Waals surface area (Å²) >= 11 is 0. The lowest BCUT2D eigenvalue weighted by Gasteiger charge is -2.67. The molecule has 0 aromatic rings. The van der Waals surface area contributed by atoms with E-state index in [-0.39, 0.29) is 22.4 Å². The van der Waals surface area contributed by atoms with Gasteiger partial charge in [-0.1, -0.05) is 13.8 Å². The Morgan fingerprint density at radius 3 is 2.38 bits per heavy atom. The molecule has 2 aliphatic carbocycles. The fraction of sp³-hybridized carbons (Fsp3) is 0.929. The van der Waals surface area contributed by atoms with Gasteiger partial charge in [0.05, 0.1) is 5.41 Å². The van der Waals surface area contributed by atoms with Crippen LogP contribution in [0.5, 0.6) is 0 Å². The maximum Gasteiger partial charge on any atom is 0.312 e. The van der Waals surface area contributed by atoms with Gasteiger partial charge in [0.15, 0.2) is 0 Å². The number of esters is 1. The molecule has 2 nitrogen and oxygen atoms in total. The molecule has 0 aliphatic heterocycles. The molecule has 3 atom stereocenters. The third kappa shape index (κ3) is 1.34. The molecule has 2 aliphatic rings. The predicted octanol–water partition coefficient (Wildman–Crippen LogP) is 3.54. The van der Waals surface area contributed by atoms with E-state index in [1.54, 1.807) is 0 Å². The van der Waals surface area contributed by atoms with E-state index in [4.69, 9.17) is 4.74 Å². The molecule has 0 aromatic carbocycles. The highest BCUT2D eigenvalue weighted by atomic mass is 16.6. The van der Waals surface area contributed by atoms with Crippen LogP contribution in [0.2, 0.25) is 0 Å². The molecule has 3 unspecified atom stereocenters. The average Bonchev–Trinajstić information content (AvgIpc) is 2.23. The second-order valence-electron chi connectivity index (χ2n) is 6.71. The van der Waals surface area contributed by atoms with E-state index < -0.39 is 0 Å². The summed E-state index contributed by atoms with van der Waals surface area (Å²) in [7, 11) is 0. The third-order valence-corrected chi connectivity index (χ3v) is 5.51. The van der Waals surface area contributed by atoms with Crippen molar-refractivity contribution in [3.05, 3.63) is 0 Å². The molecule has 0 saturated heterocycles. The largest absolute Gasteiger partial charge is 0.458 e. The van der Waals surface area contributed by atoms with Crippen molar-refractivity contribution in [2.75, 3.05) is 0 Å². The van der Waals surface area contributed by atoms with Crippen LogP contribution in [0.4, 0.5) is 0 Å². The fourth-order valence-corrected chi connectivity index (χ4v) is 3.02. The van der Waals surface area contributed by atoms with Crippen LogP contribution in [0.1, 0.15) is 60.3 Å². The van der Waals surface area contributed by atoms with Gasteiger partial charge in [-0.3, -0.25) is 4.79 Å². The Bertz CT molecular complexity index is 321. The molecule has 0 bridgehead atoms. The van der Waals surface area contributed by atoms with Crippen molar-refractivity contribution in [1.29, 1.82) is 0 Å². The number of rotatable bonds is 3. The first-order valence-electron chi connectivity index (χ1n) is 6.49. The molecular formula is C14H24O2. The maximum atomic E-state index is 12.1. The number of carbonyl (C=O) groups excluding carboxylic acids is 1.